The molecule has 2 aliphatic carbocycles. The maximum absolute atomic E-state index is 13.3. The Labute approximate surface area is 109 Å². The van der Waals surface area contributed by atoms with E-state index in [2.05, 4.69) is 12.2 Å². The average molecular weight is 247 g/mol. The molecule has 0 spiro atoms. The van der Waals surface area contributed by atoms with Crippen molar-refractivity contribution in [2.24, 2.45) is 17.8 Å². The van der Waals surface area contributed by atoms with Gasteiger partial charge < -0.3 is 5.32 Å². The van der Waals surface area contributed by atoms with Gasteiger partial charge in [0.05, 0.1) is 0 Å². The van der Waals surface area contributed by atoms with Gasteiger partial charge in [0.25, 0.3) is 0 Å². The third-order valence-corrected chi connectivity index (χ3v) is 5.06. The highest BCUT2D eigenvalue weighted by molar-refractivity contribution is 5.28. The first-order valence-corrected chi connectivity index (χ1v) is 7.13. The van der Waals surface area contributed by atoms with E-state index in [1.54, 1.807) is 12.1 Å². The van der Waals surface area contributed by atoms with Gasteiger partial charge in [0, 0.05) is 6.04 Å². The smallest absolute Gasteiger partial charge is 0.123 e. The number of hydrogen-bond donors (Lipinski definition) is 1. The van der Waals surface area contributed by atoms with E-state index in [9.17, 15) is 4.39 Å². The summed E-state index contributed by atoms with van der Waals surface area (Å²) in [5.74, 6) is 2.64. The topological polar surface area (TPSA) is 12.0 Å². The molecule has 18 heavy (non-hydrogen) atoms. The molecule has 1 aromatic rings. The van der Waals surface area contributed by atoms with Crippen LogP contribution in [0, 0.1) is 30.5 Å². The summed E-state index contributed by atoms with van der Waals surface area (Å²) in [5, 5.41) is 3.47. The molecule has 2 saturated carbocycles. The van der Waals surface area contributed by atoms with Gasteiger partial charge in [-0.25, -0.2) is 4.39 Å². The van der Waals surface area contributed by atoms with Crippen LogP contribution in [0.4, 0.5) is 4.39 Å². The quantitative estimate of drug-likeness (QED) is 0.860. The van der Waals surface area contributed by atoms with Gasteiger partial charge in [-0.05, 0) is 74.2 Å². The highest BCUT2D eigenvalue weighted by Gasteiger charge is 2.55. The van der Waals surface area contributed by atoms with Crippen LogP contribution in [0.3, 0.4) is 0 Å². The molecular formula is C16H22FN. The Bertz CT molecular complexity index is 433. The van der Waals surface area contributed by atoms with E-state index in [-0.39, 0.29) is 5.82 Å². The molecule has 3 rings (SSSR count). The fourth-order valence-corrected chi connectivity index (χ4v) is 4.00. The van der Waals surface area contributed by atoms with Crippen LogP contribution in [0.25, 0.3) is 0 Å². The summed E-state index contributed by atoms with van der Waals surface area (Å²) in [7, 11) is 2.05. The van der Waals surface area contributed by atoms with Crippen molar-refractivity contribution >= 4 is 0 Å². The van der Waals surface area contributed by atoms with E-state index in [1.807, 2.05) is 13.1 Å². The molecule has 0 aliphatic heterocycles. The van der Waals surface area contributed by atoms with Crippen LogP contribution in [0.15, 0.2) is 18.2 Å². The van der Waals surface area contributed by atoms with Gasteiger partial charge in [0.15, 0.2) is 0 Å². The van der Waals surface area contributed by atoms with Crippen LogP contribution < -0.4 is 5.32 Å². The van der Waals surface area contributed by atoms with Gasteiger partial charge >= 0.3 is 0 Å². The predicted molar refractivity (Wildman–Crippen MR) is 72.0 cm³/mol. The number of fused-ring (bicyclic) bond motifs is 1. The van der Waals surface area contributed by atoms with Gasteiger partial charge in [0.2, 0.25) is 0 Å². The van der Waals surface area contributed by atoms with Crippen LogP contribution in [-0.2, 0) is 6.42 Å². The lowest BCUT2D eigenvalue weighted by Gasteiger charge is -2.19. The van der Waals surface area contributed by atoms with Crippen LogP contribution in [0.2, 0.25) is 0 Å². The van der Waals surface area contributed by atoms with Gasteiger partial charge in [-0.2, -0.15) is 0 Å². The minimum atomic E-state index is -0.110. The molecule has 3 atom stereocenters. The maximum Gasteiger partial charge on any atom is 0.123 e. The highest BCUT2D eigenvalue weighted by Crippen LogP contribution is 2.59. The van der Waals surface area contributed by atoms with E-state index in [4.69, 9.17) is 0 Å². The Morgan fingerprint density at radius 3 is 2.72 bits per heavy atom. The molecule has 0 radical (unpaired) electrons. The molecule has 0 saturated heterocycles. The molecular weight excluding hydrogens is 225 g/mol. The second-order valence-electron chi connectivity index (χ2n) is 6.01. The van der Waals surface area contributed by atoms with Gasteiger partial charge in [-0.1, -0.05) is 12.5 Å². The molecule has 0 heterocycles. The normalized spacial score (nSPS) is 31.2. The van der Waals surface area contributed by atoms with E-state index < -0.39 is 0 Å². The Morgan fingerprint density at radius 1 is 1.33 bits per heavy atom. The van der Waals surface area contributed by atoms with Crippen molar-refractivity contribution < 1.29 is 4.39 Å². The first-order valence-electron chi connectivity index (χ1n) is 7.13. The summed E-state index contributed by atoms with van der Waals surface area (Å²) in [6.45, 7) is 2.08. The molecule has 1 aromatic carbocycles. The lowest BCUT2D eigenvalue weighted by molar-refractivity contribution is 0.427. The highest BCUT2D eigenvalue weighted by atomic mass is 19.1. The van der Waals surface area contributed by atoms with Crippen molar-refractivity contribution in [2.75, 3.05) is 7.05 Å². The van der Waals surface area contributed by atoms with E-state index in [0.717, 1.165) is 24.2 Å². The van der Waals surface area contributed by atoms with E-state index in [0.29, 0.717) is 6.04 Å². The lowest BCUT2D eigenvalue weighted by Crippen LogP contribution is -2.31. The summed E-state index contributed by atoms with van der Waals surface area (Å²) >= 11 is 0. The predicted octanol–water partition coefficient (Wildman–Crippen LogP) is 3.31. The largest absolute Gasteiger partial charge is 0.316 e. The minimum Gasteiger partial charge on any atom is -0.316 e. The molecule has 0 bridgehead atoms. The summed E-state index contributed by atoms with van der Waals surface area (Å²) in [6, 6.07) is 5.68. The molecule has 1 N–H and O–H groups in total. The van der Waals surface area contributed by atoms with Gasteiger partial charge in [-0.15, -0.1) is 0 Å². The first kappa shape index (κ1) is 12.2. The van der Waals surface area contributed by atoms with E-state index >= 15 is 0 Å². The molecule has 2 fully saturated rings. The lowest BCUT2D eigenvalue weighted by atomic mass is 9.95. The van der Waals surface area contributed by atoms with Crippen molar-refractivity contribution in [1.82, 2.24) is 5.32 Å². The van der Waals surface area contributed by atoms with Crippen molar-refractivity contribution in [3.05, 3.63) is 35.1 Å². The number of aryl methyl sites for hydroxylation is 1. The molecule has 0 aromatic heterocycles. The van der Waals surface area contributed by atoms with Gasteiger partial charge in [0.1, 0.15) is 5.82 Å². The number of hydrogen-bond acceptors (Lipinski definition) is 1. The zero-order chi connectivity index (χ0) is 12.7. The molecule has 98 valence electrons. The Kier molecular flexibility index (Phi) is 3.14. The number of nitrogens with one attached hydrogen (secondary N) is 1. The molecule has 1 nitrogen and oxygen atoms in total. The monoisotopic (exact) mass is 247 g/mol. The molecule has 3 unspecified atom stereocenters. The van der Waals surface area contributed by atoms with Crippen molar-refractivity contribution in [3.8, 4) is 0 Å². The summed E-state index contributed by atoms with van der Waals surface area (Å²) in [6.07, 6.45) is 5.21. The second-order valence-corrected chi connectivity index (χ2v) is 6.01. The van der Waals surface area contributed by atoms with Crippen molar-refractivity contribution in [3.63, 3.8) is 0 Å². The Hall–Kier alpha value is -0.890. The second kappa shape index (κ2) is 4.65. The third kappa shape index (κ3) is 2.07. The van der Waals surface area contributed by atoms with Crippen molar-refractivity contribution in [2.45, 2.75) is 38.6 Å². The van der Waals surface area contributed by atoms with Crippen LogP contribution in [0.1, 0.15) is 30.4 Å². The Morgan fingerprint density at radius 2 is 2.06 bits per heavy atom. The van der Waals surface area contributed by atoms with Crippen LogP contribution in [0.5, 0.6) is 0 Å². The fourth-order valence-electron chi connectivity index (χ4n) is 4.00. The molecule has 0 amide bonds. The standard InChI is InChI=1S/C16H22FN/c1-10-6-7-12(17)8-11(10)9-15(18-2)16-13-4-3-5-14(13)16/h6-8,13-16,18H,3-5,9H2,1-2H3. The Balaban J connectivity index is 1.72. The van der Waals surface area contributed by atoms with Gasteiger partial charge in [-0.3, -0.25) is 0 Å². The maximum atomic E-state index is 13.3. The summed E-state index contributed by atoms with van der Waals surface area (Å²) in [4.78, 5) is 0. The zero-order valence-corrected chi connectivity index (χ0v) is 11.2. The van der Waals surface area contributed by atoms with Crippen molar-refractivity contribution in [1.29, 1.82) is 0 Å². The SMILES string of the molecule is CNC(Cc1cc(F)ccc1C)C1C2CCCC21. The fraction of sp³-hybridized carbons (Fsp3) is 0.625. The molecule has 2 heteroatoms. The number of likely N-dealkylation sites (N-methyl/N-ethyl adjacent to an activating group) is 1. The number of halogens is 1. The zero-order valence-electron chi connectivity index (χ0n) is 11.2. The van der Waals surface area contributed by atoms with Crippen LogP contribution in [-0.4, -0.2) is 13.1 Å². The minimum absolute atomic E-state index is 0.110. The molecule has 2 aliphatic rings. The van der Waals surface area contributed by atoms with E-state index in [1.165, 1.54) is 30.4 Å². The average Bonchev–Trinajstić information content (AvgIpc) is 2.83. The first-order chi connectivity index (χ1) is 8.70. The number of rotatable bonds is 4. The number of benzene rings is 1. The third-order valence-electron chi connectivity index (χ3n) is 5.06. The van der Waals surface area contributed by atoms with Crippen LogP contribution >= 0.6 is 0 Å². The summed E-state index contributed by atoms with van der Waals surface area (Å²) < 4.78 is 13.3. The summed E-state index contributed by atoms with van der Waals surface area (Å²) in [5.41, 5.74) is 2.38.